The van der Waals surface area contributed by atoms with Gasteiger partial charge in [0.2, 0.25) is 5.91 Å². The van der Waals surface area contributed by atoms with Crippen molar-refractivity contribution in [2.24, 2.45) is 0 Å². The highest BCUT2D eigenvalue weighted by Gasteiger charge is 2.09. The summed E-state index contributed by atoms with van der Waals surface area (Å²) in [6.45, 7) is 6.66. The predicted molar refractivity (Wildman–Crippen MR) is 83.0 cm³/mol. The third kappa shape index (κ3) is 6.71. The maximum absolute atomic E-state index is 11.7. The van der Waals surface area contributed by atoms with Crippen molar-refractivity contribution in [2.45, 2.75) is 13.0 Å². The summed E-state index contributed by atoms with van der Waals surface area (Å²) in [4.78, 5) is 14.1. The first-order valence-corrected chi connectivity index (χ1v) is 7.66. The van der Waals surface area contributed by atoms with Crippen LogP contribution in [0.15, 0.2) is 30.3 Å². The first kappa shape index (κ1) is 15.9. The maximum atomic E-state index is 11.7. The summed E-state index contributed by atoms with van der Waals surface area (Å²) in [5, 5.41) is 6.10. The van der Waals surface area contributed by atoms with Gasteiger partial charge in [-0.1, -0.05) is 30.3 Å². The zero-order chi connectivity index (χ0) is 14.8. The van der Waals surface area contributed by atoms with Crippen LogP contribution >= 0.6 is 0 Å². The number of hydrogen-bond donors (Lipinski definition) is 2. The molecule has 1 aromatic carbocycles. The molecule has 0 atom stereocenters. The van der Waals surface area contributed by atoms with Crippen LogP contribution in [0.2, 0.25) is 0 Å². The van der Waals surface area contributed by atoms with Crippen molar-refractivity contribution in [1.82, 2.24) is 15.5 Å². The minimum atomic E-state index is 0.0465. The maximum Gasteiger partial charge on any atom is 0.234 e. The second-order valence-corrected chi connectivity index (χ2v) is 5.25. The van der Waals surface area contributed by atoms with Gasteiger partial charge in [0, 0.05) is 19.6 Å². The van der Waals surface area contributed by atoms with Gasteiger partial charge in [-0.15, -0.1) is 0 Å². The number of morpholine rings is 1. The van der Waals surface area contributed by atoms with Gasteiger partial charge in [-0.25, -0.2) is 0 Å². The first-order chi connectivity index (χ1) is 10.3. The molecule has 5 nitrogen and oxygen atoms in total. The summed E-state index contributed by atoms with van der Waals surface area (Å²) < 4.78 is 5.31. The fourth-order valence-corrected chi connectivity index (χ4v) is 2.31. The summed E-state index contributed by atoms with van der Waals surface area (Å²) in [7, 11) is 0. The van der Waals surface area contributed by atoms with Crippen molar-refractivity contribution >= 4 is 5.91 Å². The van der Waals surface area contributed by atoms with E-state index in [9.17, 15) is 4.79 Å². The van der Waals surface area contributed by atoms with Gasteiger partial charge in [0.1, 0.15) is 0 Å². The van der Waals surface area contributed by atoms with E-state index in [1.807, 2.05) is 30.3 Å². The lowest BCUT2D eigenvalue weighted by Gasteiger charge is -2.26. The van der Waals surface area contributed by atoms with E-state index in [0.29, 0.717) is 13.1 Å². The van der Waals surface area contributed by atoms with E-state index in [4.69, 9.17) is 4.74 Å². The van der Waals surface area contributed by atoms with Gasteiger partial charge in [-0.2, -0.15) is 0 Å². The average Bonchev–Trinajstić information content (AvgIpc) is 2.54. The Kier molecular flexibility index (Phi) is 7.21. The van der Waals surface area contributed by atoms with E-state index in [2.05, 4.69) is 15.5 Å². The molecule has 1 fully saturated rings. The molecule has 1 amide bonds. The van der Waals surface area contributed by atoms with Crippen molar-refractivity contribution < 1.29 is 9.53 Å². The number of carbonyl (C=O) groups excluding carboxylic acids is 1. The van der Waals surface area contributed by atoms with Crippen molar-refractivity contribution in [3.63, 3.8) is 0 Å². The minimum Gasteiger partial charge on any atom is -0.379 e. The van der Waals surface area contributed by atoms with Gasteiger partial charge >= 0.3 is 0 Å². The van der Waals surface area contributed by atoms with Crippen molar-refractivity contribution in [2.75, 3.05) is 45.9 Å². The molecule has 0 saturated carbocycles. The highest BCUT2D eigenvalue weighted by molar-refractivity contribution is 5.77. The Bertz CT molecular complexity index is 405. The molecule has 0 aliphatic carbocycles. The van der Waals surface area contributed by atoms with Gasteiger partial charge in [-0.3, -0.25) is 9.69 Å². The van der Waals surface area contributed by atoms with E-state index < -0.39 is 0 Å². The highest BCUT2D eigenvalue weighted by atomic mass is 16.5. The van der Waals surface area contributed by atoms with Crippen LogP contribution < -0.4 is 10.6 Å². The number of nitrogens with one attached hydrogen (secondary N) is 2. The molecule has 1 aliphatic rings. The third-order valence-electron chi connectivity index (χ3n) is 3.55. The van der Waals surface area contributed by atoms with Crippen LogP contribution in [0.3, 0.4) is 0 Å². The topological polar surface area (TPSA) is 53.6 Å². The second kappa shape index (κ2) is 9.50. The minimum absolute atomic E-state index is 0.0465. The first-order valence-electron chi connectivity index (χ1n) is 7.66. The second-order valence-electron chi connectivity index (χ2n) is 5.25. The van der Waals surface area contributed by atoms with Gasteiger partial charge < -0.3 is 15.4 Å². The van der Waals surface area contributed by atoms with Crippen LogP contribution in [-0.4, -0.2) is 56.7 Å². The van der Waals surface area contributed by atoms with Crippen LogP contribution in [0.1, 0.15) is 12.0 Å². The Morgan fingerprint density at radius 3 is 2.71 bits per heavy atom. The molecule has 0 bridgehead atoms. The van der Waals surface area contributed by atoms with E-state index in [-0.39, 0.29) is 5.91 Å². The molecule has 0 radical (unpaired) electrons. The number of benzene rings is 1. The smallest absolute Gasteiger partial charge is 0.234 e. The Labute approximate surface area is 126 Å². The monoisotopic (exact) mass is 291 g/mol. The fourth-order valence-electron chi connectivity index (χ4n) is 2.31. The van der Waals surface area contributed by atoms with Crippen LogP contribution in [-0.2, 0) is 16.1 Å². The molecule has 2 N–H and O–H groups in total. The molecule has 2 rings (SSSR count). The number of ether oxygens (including phenoxy) is 1. The quantitative estimate of drug-likeness (QED) is 0.689. The molecule has 1 aliphatic heterocycles. The Morgan fingerprint density at radius 1 is 1.19 bits per heavy atom. The Morgan fingerprint density at radius 2 is 1.95 bits per heavy atom. The number of amides is 1. The summed E-state index contributed by atoms with van der Waals surface area (Å²) in [6.07, 6.45) is 1.06. The van der Waals surface area contributed by atoms with Gasteiger partial charge in [-0.05, 0) is 25.1 Å². The zero-order valence-corrected chi connectivity index (χ0v) is 12.5. The lowest BCUT2D eigenvalue weighted by molar-refractivity contribution is -0.120. The van der Waals surface area contributed by atoms with E-state index in [0.717, 1.165) is 51.4 Å². The van der Waals surface area contributed by atoms with E-state index >= 15 is 0 Å². The van der Waals surface area contributed by atoms with Crippen LogP contribution in [0.25, 0.3) is 0 Å². The van der Waals surface area contributed by atoms with Gasteiger partial charge in [0.15, 0.2) is 0 Å². The number of hydrogen-bond acceptors (Lipinski definition) is 4. The highest BCUT2D eigenvalue weighted by Crippen LogP contribution is 1.98. The molecule has 0 aromatic heterocycles. The summed E-state index contributed by atoms with van der Waals surface area (Å²) in [5.74, 6) is 0.0465. The zero-order valence-electron chi connectivity index (χ0n) is 12.5. The predicted octanol–water partition coefficient (Wildman–Crippen LogP) is 0.615. The van der Waals surface area contributed by atoms with Crippen LogP contribution in [0.4, 0.5) is 0 Å². The molecule has 116 valence electrons. The fraction of sp³-hybridized carbons (Fsp3) is 0.562. The normalized spacial score (nSPS) is 15.8. The summed E-state index contributed by atoms with van der Waals surface area (Å²) >= 11 is 0. The molecule has 0 unspecified atom stereocenters. The molecule has 0 spiro atoms. The number of nitrogens with zero attached hydrogens (tertiary/aromatic N) is 1. The van der Waals surface area contributed by atoms with Gasteiger partial charge in [0.25, 0.3) is 0 Å². The summed E-state index contributed by atoms with van der Waals surface area (Å²) in [5.41, 5.74) is 1.12. The Balaban J connectivity index is 1.47. The lowest BCUT2D eigenvalue weighted by Crippen LogP contribution is -2.38. The molecular weight excluding hydrogens is 266 g/mol. The standard InChI is InChI=1S/C16H25N3O2/c20-16(18-13-15-5-2-1-3-6-15)14-17-7-4-8-19-9-11-21-12-10-19/h1-3,5-6,17H,4,7-14H2,(H,18,20). The lowest BCUT2D eigenvalue weighted by atomic mass is 10.2. The van der Waals surface area contributed by atoms with Crippen LogP contribution in [0, 0.1) is 0 Å². The van der Waals surface area contributed by atoms with E-state index in [1.165, 1.54) is 0 Å². The molecule has 1 aromatic rings. The van der Waals surface area contributed by atoms with Gasteiger partial charge in [0.05, 0.1) is 19.8 Å². The van der Waals surface area contributed by atoms with Crippen molar-refractivity contribution in [1.29, 1.82) is 0 Å². The summed E-state index contributed by atoms with van der Waals surface area (Å²) in [6, 6.07) is 9.95. The molecule has 5 heteroatoms. The molecule has 1 saturated heterocycles. The average molecular weight is 291 g/mol. The van der Waals surface area contributed by atoms with Crippen LogP contribution in [0.5, 0.6) is 0 Å². The van der Waals surface area contributed by atoms with Crippen molar-refractivity contribution in [3.05, 3.63) is 35.9 Å². The Hall–Kier alpha value is -1.43. The largest absolute Gasteiger partial charge is 0.379 e. The molecular formula is C16H25N3O2. The van der Waals surface area contributed by atoms with E-state index in [1.54, 1.807) is 0 Å². The SMILES string of the molecule is O=C(CNCCCN1CCOCC1)NCc1ccccc1. The third-order valence-corrected chi connectivity index (χ3v) is 3.55. The molecule has 1 heterocycles. The van der Waals surface area contributed by atoms with Crippen molar-refractivity contribution in [3.8, 4) is 0 Å². The molecule has 21 heavy (non-hydrogen) atoms. The number of carbonyl (C=O) groups is 1. The number of rotatable bonds is 8.